The van der Waals surface area contributed by atoms with Crippen molar-refractivity contribution in [2.45, 2.75) is 25.9 Å². The number of alkyl halides is 3. The number of halogens is 4. The lowest BCUT2D eigenvalue weighted by Gasteiger charge is -2.34. The second kappa shape index (κ2) is 10.5. The highest BCUT2D eigenvalue weighted by atomic mass is 19.4. The standard InChI is InChI=1S/C28H26F4N2O2/c1-2-34(23-7-5-6-21(18-23)28(30,31)32)27(36)24-8-3-4-9-25(24)33-16-14-20(15-17-33)26(35)19-10-12-22(29)13-11-19/h3-13,18,20H,2,14-17H2,1H3. The van der Waals surface area contributed by atoms with Crippen LogP contribution < -0.4 is 9.80 Å². The number of benzene rings is 3. The zero-order valence-corrected chi connectivity index (χ0v) is 19.8. The lowest BCUT2D eigenvalue weighted by atomic mass is 9.88. The van der Waals surface area contributed by atoms with E-state index in [4.69, 9.17) is 0 Å². The summed E-state index contributed by atoms with van der Waals surface area (Å²) in [7, 11) is 0. The van der Waals surface area contributed by atoms with Gasteiger partial charge in [-0.1, -0.05) is 18.2 Å². The van der Waals surface area contributed by atoms with Crippen LogP contribution in [0.3, 0.4) is 0 Å². The summed E-state index contributed by atoms with van der Waals surface area (Å²) in [5, 5.41) is 0. The molecule has 4 rings (SSSR count). The smallest absolute Gasteiger partial charge is 0.371 e. The number of piperidine rings is 1. The van der Waals surface area contributed by atoms with Crippen molar-refractivity contribution in [1.29, 1.82) is 0 Å². The third-order valence-electron chi connectivity index (χ3n) is 6.52. The summed E-state index contributed by atoms with van der Waals surface area (Å²) in [5.41, 5.74) is 0.911. The monoisotopic (exact) mass is 498 g/mol. The SMILES string of the molecule is CCN(C(=O)c1ccccc1N1CCC(C(=O)c2ccc(F)cc2)CC1)c1cccc(C(F)(F)F)c1. The molecule has 0 atom stereocenters. The van der Waals surface area contributed by atoms with Crippen LogP contribution in [0.15, 0.2) is 72.8 Å². The number of hydrogen-bond acceptors (Lipinski definition) is 3. The first-order chi connectivity index (χ1) is 17.2. The van der Waals surface area contributed by atoms with Gasteiger partial charge < -0.3 is 9.80 Å². The Bertz CT molecular complexity index is 1230. The van der Waals surface area contributed by atoms with E-state index in [-0.39, 0.29) is 23.9 Å². The second-order valence-electron chi connectivity index (χ2n) is 8.75. The van der Waals surface area contributed by atoms with Gasteiger partial charge in [0.1, 0.15) is 5.82 Å². The Morgan fingerprint density at radius 1 is 0.944 bits per heavy atom. The Hall–Kier alpha value is -3.68. The van der Waals surface area contributed by atoms with E-state index >= 15 is 0 Å². The van der Waals surface area contributed by atoms with Crippen LogP contribution in [0.25, 0.3) is 0 Å². The number of Topliss-reactive ketones (excluding diaryl/α,β-unsaturated/α-hetero) is 1. The number of ketones is 1. The molecule has 1 aliphatic heterocycles. The molecule has 1 saturated heterocycles. The van der Waals surface area contributed by atoms with Crippen molar-refractivity contribution in [3.05, 3.63) is 95.3 Å². The number of rotatable bonds is 6. The fraction of sp³-hybridized carbons (Fsp3) is 0.286. The van der Waals surface area contributed by atoms with Gasteiger partial charge in [0, 0.05) is 42.5 Å². The summed E-state index contributed by atoms with van der Waals surface area (Å²) in [4.78, 5) is 29.7. The first-order valence-electron chi connectivity index (χ1n) is 11.8. The van der Waals surface area contributed by atoms with Crippen LogP contribution in [0.1, 0.15) is 46.0 Å². The Kier molecular flexibility index (Phi) is 7.43. The lowest BCUT2D eigenvalue weighted by molar-refractivity contribution is -0.137. The summed E-state index contributed by atoms with van der Waals surface area (Å²) in [6.07, 6.45) is -3.36. The van der Waals surface area contributed by atoms with Crippen molar-refractivity contribution in [2.75, 3.05) is 29.4 Å². The molecular formula is C28H26F4N2O2. The Morgan fingerprint density at radius 2 is 1.61 bits per heavy atom. The maximum absolute atomic E-state index is 13.5. The van der Waals surface area contributed by atoms with Gasteiger partial charge in [-0.3, -0.25) is 9.59 Å². The average Bonchev–Trinajstić information content (AvgIpc) is 2.89. The number of para-hydroxylation sites is 1. The molecule has 1 amide bonds. The normalized spacial score (nSPS) is 14.5. The number of nitrogens with zero attached hydrogens (tertiary/aromatic N) is 2. The number of amides is 1. The van der Waals surface area contributed by atoms with E-state index in [0.29, 0.717) is 42.7 Å². The summed E-state index contributed by atoms with van der Waals surface area (Å²) in [5.74, 6) is -1.02. The molecule has 1 fully saturated rings. The van der Waals surface area contributed by atoms with Gasteiger partial charge in [0.25, 0.3) is 5.91 Å². The minimum atomic E-state index is -4.51. The molecule has 0 unspecified atom stereocenters. The second-order valence-corrected chi connectivity index (χ2v) is 8.75. The van der Waals surface area contributed by atoms with E-state index in [0.717, 1.165) is 12.1 Å². The van der Waals surface area contributed by atoms with Gasteiger partial charge in [0.05, 0.1) is 11.1 Å². The third-order valence-corrected chi connectivity index (χ3v) is 6.52. The largest absolute Gasteiger partial charge is 0.416 e. The van der Waals surface area contributed by atoms with Crippen LogP contribution in [0.4, 0.5) is 28.9 Å². The predicted octanol–water partition coefficient (Wildman–Crippen LogP) is 6.61. The molecule has 0 saturated carbocycles. The minimum Gasteiger partial charge on any atom is -0.371 e. The zero-order chi connectivity index (χ0) is 25.9. The number of carbonyl (C=O) groups is 2. The molecule has 0 aromatic heterocycles. The Labute approximate surface area is 207 Å². The fourth-order valence-corrected chi connectivity index (χ4v) is 4.60. The van der Waals surface area contributed by atoms with Crippen molar-refractivity contribution in [3.63, 3.8) is 0 Å². The summed E-state index contributed by atoms with van der Waals surface area (Å²) >= 11 is 0. The van der Waals surface area contributed by atoms with E-state index in [1.807, 2.05) is 17.0 Å². The third kappa shape index (κ3) is 5.42. The van der Waals surface area contributed by atoms with Crippen LogP contribution in [-0.2, 0) is 6.18 Å². The molecule has 36 heavy (non-hydrogen) atoms. The Morgan fingerprint density at radius 3 is 2.25 bits per heavy atom. The van der Waals surface area contributed by atoms with E-state index < -0.39 is 23.5 Å². The van der Waals surface area contributed by atoms with E-state index in [1.54, 1.807) is 19.1 Å². The van der Waals surface area contributed by atoms with Crippen molar-refractivity contribution in [2.24, 2.45) is 5.92 Å². The molecule has 0 bridgehead atoms. The molecule has 1 aliphatic rings. The predicted molar refractivity (Wildman–Crippen MR) is 131 cm³/mol. The fourth-order valence-electron chi connectivity index (χ4n) is 4.60. The molecule has 0 aliphatic carbocycles. The topological polar surface area (TPSA) is 40.6 Å². The molecule has 4 nitrogen and oxygen atoms in total. The van der Waals surface area contributed by atoms with Crippen LogP contribution in [-0.4, -0.2) is 31.3 Å². The van der Waals surface area contributed by atoms with Gasteiger partial charge in [-0.2, -0.15) is 13.2 Å². The molecule has 0 spiro atoms. The lowest BCUT2D eigenvalue weighted by Crippen LogP contribution is -2.38. The molecule has 3 aromatic carbocycles. The summed E-state index contributed by atoms with van der Waals surface area (Å²) < 4.78 is 52.9. The van der Waals surface area contributed by atoms with E-state index in [9.17, 15) is 27.2 Å². The summed E-state index contributed by atoms with van der Waals surface area (Å²) in [6, 6.07) is 17.3. The van der Waals surface area contributed by atoms with Gasteiger partial charge in [-0.25, -0.2) is 4.39 Å². The minimum absolute atomic E-state index is 0.0271. The number of hydrogen-bond donors (Lipinski definition) is 0. The highest BCUT2D eigenvalue weighted by Crippen LogP contribution is 2.33. The van der Waals surface area contributed by atoms with E-state index in [2.05, 4.69) is 0 Å². The molecule has 0 radical (unpaired) electrons. The number of carbonyl (C=O) groups excluding carboxylic acids is 2. The summed E-state index contributed by atoms with van der Waals surface area (Å²) in [6.45, 7) is 2.99. The van der Waals surface area contributed by atoms with E-state index in [1.165, 1.54) is 41.3 Å². The first kappa shape index (κ1) is 25.4. The van der Waals surface area contributed by atoms with Crippen molar-refractivity contribution in [3.8, 4) is 0 Å². The van der Waals surface area contributed by atoms with Crippen molar-refractivity contribution in [1.82, 2.24) is 0 Å². The highest BCUT2D eigenvalue weighted by Gasteiger charge is 2.32. The van der Waals surface area contributed by atoms with Crippen molar-refractivity contribution < 1.29 is 27.2 Å². The average molecular weight is 499 g/mol. The maximum atomic E-state index is 13.5. The molecule has 1 heterocycles. The van der Waals surface area contributed by atoms with Crippen LogP contribution in [0.5, 0.6) is 0 Å². The molecule has 188 valence electrons. The quantitative estimate of drug-likeness (QED) is 0.284. The Balaban J connectivity index is 1.52. The number of anilines is 2. The molecular weight excluding hydrogens is 472 g/mol. The van der Waals surface area contributed by atoms with Gasteiger partial charge >= 0.3 is 6.18 Å². The van der Waals surface area contributed by atoms with Gasteiger partial charge in [0.15, 0.2) is 5.78 Å². The van der Waals surface area contributed by atoms with Crippen LogP contribution in [0.2, 0.25) is 0 Å². The molecule has 8 heteroatoms. The zero-order valence-electron chi connectivity index (χ0n) is 19.8. The van der Waals surface area contributed by atoms with Crippen LogP contribution >= 0.6 is 0 Å². The maximum Gasteiger partial charge on any atom is 0.416 e. The van der Waals surface area contributed by atoms with Gasteiger partial charge in [-0.15, -0.1) is 0 Å². The molecule has 0 N–H and O–H groups in total. The van der Waals surface area contributed by atoms with Crippen LogP contribution in [0, 0.1) is 11.7 Å². The van der Waals surface area contributed by atoms with Crippen molar-refractivity contribution >= 4 is 23.1 Å². The highest BCUT2D eigenvalue weighted by molar-refractivity contribution is 6.09. The van der Waals surface area contributed by atoms with Gasteiger partial charge in [-0.05, 0) is 74.4 Å². The molecule has 3 aromatic rings. The van der Waals surface area contributed by atoms with Gasteiger partial charge in [0.2, 0.25) is 0 Å². The first-order valence-corrected chi connectivity index (χ1v) is 11.8.